The van der Waals surface area contributed by atoms with E-state index < -0.39 is 0 Å². The molecule has 0 fully saturated rings. The molecule has 54 heavy (non-hydrogen) atoms. The van der Waals surface area contributed by atoms with E-state index in [-0.39, 0.29) is 35.3 Å². The van der Waals surface area contributed by atoms with Gasteiger partial charge in [0.05, 0.1) is 0 Å². The van der Waals surface area contributed by atoms with E-state index in [0.717, 1.165) is 49.9 Å². The predicted molar refractivity (Wildman–Crippen MR) is 238 cm³/mol. The van der Waals surface area contributed by atoms with E-state index in [2.05, 4.69) is 79.7 Å². The number of rotatable bonds is 27. The van der Waals surface area contributed by atoms with Gasteiger partial charge in [0.2, 0.25) is 11.4 Å². The number of aryl methyl sites for hydroxylation is 4. The van der Waals surface area contributed by atoms with Crippen LogP contribution < -0.4 is 0 Å². The van der Waals surface area contributed by atoms with Crippen molar-refractivity contribution in [1.29, 1.82) is 0 Å². The molecule has 0 unspecified atom stereocenters. The van der Waals surface area contributed by atoms with Crippen LogP contribution in [0.15, 0.2) is 35.4 Å². The minimum absolute atomic E-state index is 0. The van der Waals surface area contributed by atoms with Gasteiger partial charge >= 0.3 is 20.4 Å². The van der Waals surface area contributed by atoms with E-state index in [1.54, 1.807) is 21.4 Å². The van der Waals surface area contributed by atoms with Crippen molar-refractivity contribution in [2.75, 3.05) is 0 Å². The van der Waals surface area contributed by atoms with Gasteiger partial charge in [0, 0.05) is 22.3 Å². The maximum absolute atomic E-state index is 12.6. The van der Waals surface area contributed by atoms with Crippen molar-refractivity contribution in [3.63, 3.8) is 0 Å². The van der Waals surface area contributed by atoms with Crippen LogP contribution in [0.5, 0.6) is 0 Å². The van der Waals surface area contributed by atoms with Crippen LogP contribution >= 0.6 is 0 Å². The molecule has 0 saturated heterocycles. The molecule has 0 saturated carbocycles. The maximum Gasteiger partial charge on any atom is 2.00 e. The molecular weight excluding hydrogens is 747 g/mol. The van der Waals surface area contributed by atoms with Gasteiger partial charge < -0.3 is 20.4 Å². The van der Waals surface area contributed by atoms with Gasteiger partial charge in [-0.1, -0.05) is 131 Å². The van der Waals surface area contributed by atoms with Crippen LogP contribution in [0.25, 0.3) is 16.9 Å². The molecule has 2 nitrogen and oxygen atoms in total. The van der Waals surface area contributed by atoms with Crippen LogP contribution in [-0.4, -0.2) is 4.70 Å². The molecule has 3 rings (SSSR count). The second kappa shape index (κ2) is 29.4. The molecule has 1 heterocycles. The Morgan fingerprint density at radius 2 is 0.759 bits per heavy atom. The molecule has 2 aromatic carbocycles. The number of allylic oxidation sites excluding steroid dienone is 2. The van der Waals surface area contributed by atoms with Gasteiger partial charge in [0.1, 0.15) is 0 Å². The smallest absolute Gasteiger partial charge is 0.493 e. The van der Waals surface area contributed by atoms with E-state index >= 15 is 0 Å². The van der Waals surface area contributed by atoms with Gasteiger partial charge in [0.15, 0.2) is 0 Å². The second-order valence-electron chi connectivity index (χ2n) is 16.0. The SMILES string of the molecule is CCCCCCCCC1=C(c2cc(CCCCCC)c(CCCCCC)c(CCCCCC)c2)[N+](=[N-])C(c2cc(C)c(C)c(C)c2)=C1CCCC.[CH3-].[CH3-].[Pd+2]. The first kappa shape index (κ1) is 52.2. The molecule has 3 heteroatoms. The standard InChI is InChI=1S/C49H78N2.2CH3.Pd/c1-9-14-19-23-24-28-33-47-46(31-18-13-5)48(43-34-38(6)40(8)39(7)35-43)51(50)49(47)44-36-41(29-25-20-15-10-2)45(32-27-22-17-12-4)42(37-44)30-26-21-16-11-3;;;/h34-37H,9-33H2,1-8H3;2*1H3;/q;2*-1;+2. The Hall–Kier alpha value is -1.82. The molecule has 0 bridgehead atoms. The quantitative estimate of drug-likeness (QED) is 0.0371. The second-order valence-corrected chi connectivity index (χ2v) is 16.0. The summed E-state index contributed by atoms with van der Waals surface area (Å²) in [5, 5.41) is 0. The van der Waals surface area contributed by atoms with Crippen LogP contribution in [0.1, 0.15) is 220 Å². The summed E-state index contributed by atoms with van der Waals surface area (Å²) >= 11 is 0. The van der Waals surface area contributed by atoms with E-state index in [4.69, 9.17) is 0 Å². The Balaban J connectivity index is 0.00000936. The zero-order chi connectivity index (χ0) is 37.0. The fraction of sp³-hybridized carbons (Fsp3) is 0.647. The molecular formula is C51H84N2Pd. The van der Waals surface area contributed by atoms with Gasteiger partial charge in [-0.3, -0.25) is 0 Å². The zero-order valence-corrected chi connectivity index (χ0v) is 38.8. The van der Waals surface area contributed by atoms with E-state index in [1.165, 1.54) is 161 Å². The predicted octanol–water partition coefficient (Wildman–Crippen LogP) is 17.0. The Morgan fingerprint density at radius 1 is 0.426 bits per heavy atom. The minimum atomic E-state index is 0. The van der Waals surface area contributed by atoms with Crippen molar-refractivity contribution in [2.24, 2.45) is 0 Å². The fourth-order valence-corrected chi connectivity index (χ4v) is 8.31. The van der Waals surface area contributed by atoms with Crippen molar-refractivity contribution in [2.45, 2.75) is 216 Å². The fourth-order valence-electron chi connectivity index (χ4n) is 8.31. The Bertz CT molecular complexity index is 1370. The summed E-state index contributed by atoms with van der Waals surface area (Å²) in [6.45, 7) is 18.3. The molecule has 0 radical (unpaired) electrons. The summed E-state index contributed by atoms with van der Waals surface area (Å²) < 4.78 is 1.67. The van der Waals surface area contributed by atoms with E-state index in [0.29, 0.717) is 0 Å². The van der Waals surface area contributed by atoms with Crippen LogP contribution in [0.4, 0.5) is 0 Å². The van der Waals surface area contributed by atoms with Gasteiger partial charge in [-0.05, 0) is 143 Å². The largest absolute Gasteiger partial charge is 2.00 e. The van der Waals surface area contributed by atoms with Crippen molar-refractivity contribution in [3.8, 4) is 0 Å². The Kier molecular flexibility index (Phi) is 28.4. The number of hydrogen-bond acceptors (Lipinski definition) is 0. The average molecular weight is 832 g/mol. The van der Waals surface area contributed by atoms with Gasteiger partial charge in [0.25, 0.3) is 0 Å². The van der Waals surface area contributed by atoms with Gasteiger partial charge in [-0.25, -0.2) is 4.70 Å². The summed E-state index contributed by atoms with van der Waals surface area (Å²) in [5.41, 5.74) is 28.7. The normalized spacial score (nSPS) is 12.6. The monoisotopic (exact) mass is 831 g/mol. The van der Waals surface area contributed by atoms with Crippen molar-refractivity contribution in [1.82, 2.24) is 0 Å². The van der Waals surface area contributed by atoms with E-state index in [9.17, 15) is 5.53 Å². The molecule has 0 N–H and O–H groups in total. The Morgan fingerprint density at radius 3 is 1.20 bits per heavy atom. The van der Waals surface area contributed by atoms with Crippen LogP contribution in [0.2, 0.25) is 0 Å². The van der Waals surface area contributed by atoms with Crippen molar-refractivity contribution < 1.29 is 25.1 Å². The minimum Gasteiger partial charge on any atom is -0.493 e. The van der Waals surface area contributed by atoms with Crippen LogP contribution in [-0.2, 0) is 39.7 Å². The summed E-state index contributed by atoms with van der Waals surface area (Å²) in [4.78, 5) is 0. The third kappa shape index (κ3) is 15.6. The van der Waals surface area contributed by atoms with Crippen LogP contribution in [0, 0.1) is 35.6 Å². The Labute approximate surface area is 351 Å². The van der Waals surface area contributed by atoms with Gasteiger partial charge in [-0.2, -0.15) is 0 Å². The molecule has 0 amide bonds. The topological polar surface area (TPSA) is 25.3 Å². The average Bonchev–Trinajstić information content (AvgIpc) is 3.40. The van der Waals surface area contributed by atoms with E-state index in [1.807, 2.05) is 0 Å². The summed E-state index contributed by atoms with van der Waals surface area (Å²) in [7, 11) is 0. The number of hydrogen-bond donors (Lipinski definition) is 0. The molecule has 0 spiro atoms. The van der Waals surface area contributed by atoms with Crippen molar-refractivity contribution >= 4 is 11.4 Å². The number of nitrogens with zero attached hydrogens (tertiary/aromatic N) is 2. The maximum atomic E-state index is 12.6. The molecule has 1 aliphatic heterocycles. The number of unbranched alkanes of at least 4 members (excludes halogenated alkanes) is 15. The molecule has 0 atom stereocenters. The first-order valence-corrected chi connectivity index (χ1v) is 22.0. The molecule has 2 aromatic rings. The van der Waals surface area contributed by atoms with Gasteiger partial charge in [-0.15, -0.1) is 0 Å². The molecule has 0 aliphatic carbocycles. The first-order valence-electron chi connectivity index (χ1n) is 22.0. The van der Waals surface area contributed by atoms with Crippen LogP contribution in [0.3, 0.4) is 0 Å². The number of benzene rings is 2. The summed E-state index contributed by atoms with van der Waals surface area (Å²) in [6, 6.07) is 9.75. The molecule has 308 valence electrons. The third-order valence-electron chi connectivity index (χ3n) is 11.7. The molecule has 1 aliphatic rings. The first-order chi connectivity index (χ1) is 24.8. The van der Waals surface area contributed by atoms with Crippen molar-refractivity contribution in [3.05, 3.63) is 100 Å². The summed E-state index contributed by atoms with van der Waals surface area (Å²) in [5.74, 6) is 0. The zero-order valence-electron chi connectivity index (χ0n) is 37.2. The molecule has 0 aromatic heterocycles. The summed E-state index contributed by atoms with van der Waals surface area (Å²) in [6.07, 6.45) is 31.1. The third-order valence-corrected chi connectivity index (χ3v) is 11.7.